The molecule has 0 aliphatic heterocycles. The van der Waals surface area contributed by atoms with Gasteiger partial charge in [-0.05, 0) is 110 Å². The third-order valence-corrected chi connectivity index (χ3v) is 8.56. The summed E-state index contributed by atoms with van der Waals surface area (Å²) in [6.45, 7) is 10.1. The van der Waals surface area contributed by atoms with Crippen molar-refractivity contribution >= 4 is 35.9 Å². The molecule has 42 heavy (non-hydrogen) atoms. The number of carbonyl (C=O) groups is 2. The average Bonchev–Trinajstić information content (AvgIpc) is 3.62. The summed E-state index contributed by atoms with van der Waals surface area (Å²) < 4.78 is 10.1. The van der Waals surface area contributed by atoms with Crippen LogP contribution in [0.25, 0.3) is 0 Å². The average molecular weight is 627 g/mol. The van der Waals surface area contributed by atoms with E-state index in [9.17, 15) is 14.7 Å². The summed E-state index contributed by atoms with van der Waals surface area (Å²) in [6.07, 6.45) is 19.8. The minimum absolute atomic E-state index is 0.318. The number of ether oxygens (including phenoxy) is 2. The van der Waals surface area contributed by atoms with Gasteiger partial charge in [0.1, 0.15) is 5.60 Å². The number of nitrogens with zero attached hydrogens (tertiary/aromatic N) is 2. The van der Waals surface area contributed by atoms with Gasteiger partial charge in [0.05, 0.1) is 6.10 Å². The second-order valence-electron chi connectivity index (χ2n) is 11.8. The molecule has 7 nitrogen and oxygen atoms in total. The van der Waals surface area contributed by atoms with Crippen molar-refractivity contribution in [3.8, 4) is 0 Å². The molecule has 0 aromatic carbocycles. The van der Waals surface area contributed by atoms with Crippen molar-refractivity contribution in [1.29, 1.82) is 0 Å². The zero-order valence-corrected chi connectivity index (χ0v) is 29.3. The Morgan fingerprint density at radius 3 is 2.07 bits per heavy atom. The fraction of sp³-hybridized carbons (Fsp3) is 0.697. The van der Waals surface area contributed by atoms with Crippen molar-refractivity contribution < 1.29 is 24.2 Å². The van der Waals surface area contributed by atoms with Crippen molar-refractivity contribution in [3.63, 3.8) is 0 Å². The van der Waals surface area contributed by atoms with Crippen LogP contribution < -0.4 is 0 Å². The number of rotatable bonds is 18. The van der Waals surface area contributed by atoms with Crippen LogP contribution in [0, 0.1) is 5.92 Å². The molecule has 1 aromatic rings. The van der Waals surface area contributed by atoms with Crippen molar-refractivity contribution in [3.05, 3.63) is 45.6 Å². The van der Waals surface area contributed by atoms with Crippen molar-refractivity contribution in [1.82, 2.24) is 9.80 Å². The first-order valence-electron chi connectivity index (χ1n) is 15.0. The number of thiophene rings is 1. The van der Waals surface area contributed by atoms with Crippen molar-refractivity contribution in [2.75, 3.05) is 47.6 Å². The Kier molecular flexibility index (Phi) is 21.9. The smallest absolute Gasteiger partial charge is 0.293 e. The second kappa shape index (κ2) is 22.8. The minimum atomic E-state index is -1.46. The van der Waals surface area contributed by atoms with E-state index >= 15 is 0 Å². The van der Waals surface area contributed by atoms with E-state index in [0.717, 1.165) is 12.5 Å². The molecule has 0 amide bonds. The summed E-state index contributed by atoms with van der Waals surface area (Å²) in [6, 6.07) is 3.58. The fourth-order valence-corrected chi connectivity index (χ4v) is 5.59. The maximum atomic E-state index is 11.0. The molecule has 1 aliphatic carbocycles. The van der Waals surface area contributed by atoms with Gasteiger partial charge in [-0.25, -0.2) is 0 Å². The highest BCUT2D eigenvalue weighted by Gasteiger charge is 2.33. The monoisotopic (exact) mass is 626 g/mol. The predicted octanol–water partition coefficient (Wildman–Crippen LogP) is 7.12. The number of allylic oxidation sites excluding steroid dienone is 1. The van der Waals surface area contributed by atoms with E-state index < -0.39 is 5.60 Å². The Labute approximate surface area is 264 Å². The van der Waals surface area contributed by atoms with Crippen molar-refractivity contribution in [2.45, 2.75) is 96.4 Å². The zero-order valence-electron chi connectivity index (χ0n) is 27.6. The number of aliphatic hydroxyl groups is 1. The molecule has 1 heterocycles. The van der Waals surface area contributed by atoms with E-state index in [1.54, 1.807) is 12.1 Å². The van der Waals surface area contributed by atoms with E-state index in [1.807, 2.05) is 52.5 Å². The number of hydrogen-bond donors (Lipinski definition) is 1. The fourth-order valence-electron chi connectivity index (χ4n) is 4.03. The Morgan fingerprint density at radius 1 is 1.10 bits per heavy atom. The van der Waals surface area contributed by atoms with Crippen LogP contribution in [0.5, 0.6) is 0 Å². The van der Waals surface area contributed by atoms with E-state index in [2.05, 4.69) is 48.0 Å². The molecular weight excluding hydrogens is 569 g/mol. The van der Waals surface area contributed by atoms with Gasteiger partial charge >= 0.3 is 0 Å². The summed E-state index contributed by atoms with van der Waals surface area (Å²) in [5.41, 5.74) is -1.77. The van der Waals surface area contributed by atoms with Gasteiger partial charge < -0.3 is 24.4 Å². The Bertz CT molecular complexity index is 880. The molecule has 0 radical (unpaired) electrons. The molecule has 2 unspecified atom stereocenters. The molecule has 1 saturated carbocycles. The highest BCUT2D eigenvalue weighted by Crippen LogP contribution is 2.36. The molecule has 9 heteroatoms. The molecule has 0 saturated heterocycles. The molecular formula is C33H58N2O5S2. The third-order valence-electron chi connectivity index (χ3n) is 6.58. The maximum absolute atomic E-state index is 11.0. The molecule has 2 rings (SSSR count). The van der Waals surface area contributed by atoms with Crippen LogP contribution in [-0.4, -0.2) is 87.0 Å². The lowest BCUT2D eigenvalue weighted by Gasteiger charge is -2.22. The number of unbranched alkanes of at least 4 members (excludes halogenated alkanes) is 5. The summed E-state index contributed by atoms with van der Waals surface area (Å²) in [7, 11) is 8.30. The summed E-state index contributed by atoms with van der Waals surface area (Å²) in [5.74, 6) is 0.779. The van der Waals surface area contributed by atoms with E-state index in [0.29, 0.717) is 28.6 Å². The third kappa shape index (κ3) is 18.8. The lowest BCUT2D eigenvalue weighted by Crippen LogP contribution is -2.27. The van der Waals surface area contributed by atoms with E-state index in [4.69, 9.17) is 4.74 Å². The molecule has 0 spiro atoms. The normalized spacial score (nSPS) is 15.6. The predicted molar refractivity (Wildman–Crippen MR) is 180 cm³/mol. The van der Waals surface area contributed by atoms with Gasteiger partial charge in [0.15, 0.2) is 11.9 Å². The first-order valence-corrected chi connectivity index (χ1v) is 17.1. The number of aldehydes is 1. The standard InChI is InChI=1S/C18H36N2O.C10H12O2S2.C5H10O2/c1-19(2)14-9-7-5-6-8-10-15-20(3)16-13-18(21-4)17-11-12-17;1-3-8(13-2)10(12,7-11)9-5-4-6-14-9;1-5(2,3)7-4-6/h13,16-18H,5-12,14-15H2,1-4H3;3-7,12H,1-2H3;4H,1-3H3/b16-13+;8-3-;. The van der Waals surface area contributed by atoms with Gasteiger partial charge in [0.25, 0.3) is 6.47 Å². The molecule has 0 bridgehead atoms. The van der Waals surface area contributed by atoms with Crippen LogP contribution in [0.3, 0.4) is 0 Å². The van der Waals surface area contributed by atoms with Crippen LogP contribution in [0.4, 0.5) is 0 Å². The highest BCUT2D eigenvalue weighted by molar-refractivity contribution is 8.02. The Balaban J connectivity index is 0.000000685. The Morgan fingerprint density at radius 2 is 1.69 bits per heavy atom. The lowest BCUT2D eigenvalue weighted by molar-refractivity contribution is -0.138. The molecule has 1 N–H and O–H groups in total. The van der Waals surface area contributed by atoms with Crippen LogP contribution in [0.2, 0.25) is 0 Å². The first-order chi connectivity index (χ1) is 19.9. The number of hydrogen-bond acceptors (Lipinski definition) is 9. The molecule has 1 aliphatic rings. The topological polar surface area (TPSA) is 79.3 Å². The van der Waals surface area contributed by atoms with Crippen LogP contribution in [-0.2, 0) is 24.7 Å². The van der Waals surface area contributed by atoms with Gasteiger partial charge in [0.2, 0.25) is 0 Å². The van der Waals surface area contributed by atoms with Gasteiger partial charge in [-0.3, -0.25) is 9.59 Å². The molecule has 2 atom stereocenters. The van der Waals surface area contributed by atoms with Crippen LogP contribution in [0.15, 0.2) is 40.8 Å². The van der Waals surface area contributed by atoms with Crippen molar-refractivity contribution in [2.24, 2.45) is 5.92 Å². The van der Waals surface area contributed by atoms with Gasteiger partial charge in [-0.1, -0.05) is 37.8 Å². The number of thioether (sulfide) groups is 1. The summed E-state index contributed by atoms with van der Waals surface area (Å²) in [5, 5.41) is 12.0. The van der Waals surface area contributed by atoms with Gasteiger partial charge in [0, 0.05) is 30.5 Å². The van der Waals surface area contributed by atoms with E-state index in [-0.39, 0.29) is 5.60 Å². The second-order valence-corrected chi connectivity index (χ2v) is 13.6. The summed E-state index contributed by atoms with van der Waals surface area (Å²) in [4.78, 5) is 26.5. The zero-order chi connectivity index (χ0) is 32.0. The van der Waals surface area contributed by atoms with Crippen LogP contribution >= 0.6 is 23.1 Å². The maximum Gasteiger partial charge on any atom is 0.293 e. The SMILES string of the molecule is C/C=C(\SC)C(O)(C=O)c1cccs1.CC(C)(C)OC=O.COC(/C=C/N(C)CCCCCCCCN(C)C)C1CC1. The van der Waals surface area contributed by atoms with Gasteiger partial charge in [-0.2, -0.15) is 0 Å². The molecule has 1 fully saturated rings. The lowest BCUT2D eigenvalue weighted by atomic mass is 10.0. The highest BCUT2D eigenvalue weighted by atomic mass is 32.2. The van der Waals surface area contributed by atoms with Gasteiger partial charge in [-0.15, -0.1) is 23.1 Å². The van der Waals surface area contributed by atoms with E-state index in [1.165, 1.54) is 81.0 Å². The Hall–Kier alpha value is -1.65. The quantitative estimate of drug-likeness (QED) is 0.136. The summed E-state index contributed by atoms with van der Waals surface area (Å²) >= 11 is 2.76. The number of methoxy groups -OCH3 is 1. The molecule has 1 aromatic heterocycles. The number of carbonyl (C=O) groups excluding carboxylic acids is 2. The first kappa shape index (κ1) is 40.4. The molecule has 242 valence electrons. The largest absolute Gasteiger partial charge is 0.462 e. The minimum Gasteiger partial charge on any atom is -0.462 e. The van der Waals surface area contributed by atoms with Crippen LogP contribution in [0.1, 0.15) is 83.9 Å².